The molecule has 0 amide bonds. The molecule has 2 N–H and O–H groups in total. The smallest absolute Gasteiger partial charge is 0.0743 e. The Morgan fingerprint density at radius 2 is 1.85 bits per heavy atom. The lowest BCUT2D eigenvalue weighted by Gasteiger charge is -2.27. The van der Waals surface area contributed by atoms with Crippen molar-refractivity contribution in [2.24, 2.45) is 5.92 Å². The van der Waals surface area contributed by atoms with Crippen LogP contribution in [-0.2, 0) is 0 Å². The van der Waals surface area contributed by atoms with Gasteiger partial charge in [0.1, 0.15) is 0 Å². The lowest BCUT2D eigenvalue weighted by Crippen LogP contribution is -2.26. The van der Waals surface area contributed by atoms with Crippen LogP contribution in [-0.4, -0.2) is 22.4 Å². The number of rotatable bonds is 4. The Kier molecular flexibility index (Phi) is 4.46. The predicted molar refractivity (Wildman–Crippen MR) is 53.4 cm³/mol. The quantitative estimate of drug-likeness (QED) is 0.655. The van der Waals surface area contributed by atoms with Gasteiger partial charge in [0.05, 0.1) is 12.2 Å². The van der Waals surface area contributed by atoms with Crippen LogP contribution in [0.3, 0.4) is 0 Å². The van der Waals surface area contributed by atoms with E-state index >= 15 is 0 Å². The van der Waals surface area contributed by atoms with E-state index in [0.29, 0.717) is 12.3 Å². The fourth-order valence-corrected chi connectivity index (χ4v) is 2.06. The van der Waals surface area contributed by atoms with Crippen LogP contribution < -0.4 is 0 Å². The molecule has 0 aliphatic heterocycles. The van der Waals surface area contributed by atoms with E-state index in [0.717, 1.165) is 12.8 Å². The van der Waals surface area contributed by atoms with Crippen molar-refractivity contribution >= 4 is 0 Å². The second-order valence-electron chi connectivity index (χ2n) is 4.00. The van der Waals surface area contributed by atoms with E-state index < -0.39 is 6.10 Å². The van der Waals surface area contributed by atoms with Crippen LogP contribution >= 0.6 is 0 Å². The molecule has 1 fully saturated rings. The average Bonchev–Trinajstić information content (AvgIpc) is 2.19. The van der Waals surface area contributed by atoms with Gasteiger partial charge in [-0.2, -0.15) is 0 Å². The molecule has 0 aromatic heterocycles. The summed E-state index contributed by atoms with van der Waals surface area (Å²) < 4.78 is 0. The lowest BCUT2D eigenvalue weighted by atomic mass is 9.83. The highest BCUT2D eigenvalue weighted by atomic mass is 16.3. The van der Waals surface area contributed by atoms with Gasteiger partial charge >= 0.3 is 0 Å². The molecule has 0 aromatic carbocycles. The molecule has 2 atom stereocenters. The molecule has 0 radical (unpaired) electrons. The first kappa shape index (κ1) is 10.7. The minimum atomic E-state index is -0.545. The van der Waals surface area contributed by atoms with Crippen molar-refractivity contribution in [3.05, 3.63) is 12.7 Å². The van der Waals surface area contributed by atoms with E-state index in [4.69, 9.17) is 0 Å². The third-order valence-corrected chi connectivity index (χ3v) is 2.95. The molecule has 0 heterocycles. The van der Waals surface area contributed by atoms with Gasteiger partial charge in [0.15, 0.2) is 0 Å². The minimum Gasteiger partial charge on any atom is -0.393 e. The van der Waals surface area contributed by atoms with E-state index in [9.17, 15) is 10.2 Å². The van der Waals surface area contributed by atoms with Gasteiger partial charge in [-0.15, -0.1) is 6.58 Å². The van der Waals surface area contributed by atoms with Crippen LogP contribution in [0.15, 0.2) is 12.7 Å². The van der Waals surface area contributed by atoms with E-state index in [-0.39, 0.29) is 6.10 Å². The zero-order chi connectivity index (χ0) is 9.68. The number of aliphatic hydroxyl groups is 2. The molecule has 0 aromatic rings. The Balaban J connectivity index is 2.28. The van der Waals surface area contributed by atoms with E-state index in [1.54, 1.807) is 0 Å². The van der Waals surface area contributed by atoms with Crippen LogP contribution in [0, 0.1) is 5.92 Å². The van der Waals surface area contributed by atoms with Crippen LogP contribution in [0.25, 0.3) is 0 Å². The largest absolute Gasteiger partial charge is 0.393 e. The standard InChI is InChI=1S/C11H20O2/c1-2-10(12)8-11(13)9-6-4-3-5-7-9/h2,9-13H,1,3-8H2/t10-,11-/m1/s1. The van der Waals surface area contributed by atoms with E-state index in [1.165, 1.54) is 25.3 Å². The van der Waals surface area contributed by atoms with E-state index in [1.807, 2.05) is 0 Å². The van der Waals surface area contributed by atoms with Crippen LogP contribution in [0.1, 0.15) is 38.5 Å². The van der Waals surface area contributed by atoms with Gasteiger partial charge in [0.2, 0.25) is 0 Å². The lowest BCUT2D eigenvalue weighted by molar-refractivity contribution is 0.0445. The highest BCUT2D eigenvalue weighted by molar-refractivity contribution is 4.83. The van der Waals surface area contributed by atoms with Gasteiger partial charge in [0.25, 0.3) is 0 Å². The van der Waals surface area contributed by atoms with Crippen LogP contribution in [0.4, 0.5) is 0 Å². The predicted octanol–water partition coefficient (Wildman–Crippen LogP) is 1.86. The number of hydrogen-bond acceptors (Lipinski definition) is 2. The Morgan fingerprint density at radius 3 is 2.38 bits per heavy atom. The molecular formula is C11H20O2. The van der Waals surface area contributed by atoms with Gasteiger partial charge in [0, 0.05) is 6.42 Å². The summed E-state index contributed by atoms with van der Waals surface area (Å²) in [6.45, 7) is 3.50. The summed E-state index contributed by atoms with van der Waals surface area (Å²) in [4.78, 5) is 0. The molecule has 76 valence electrons. The summed E-state index contributed by atoms with van der Waals surface area (Å²) in [5.74, 6) is 0.406. The molecular weight excluding hydrogens is 164 g/mol. The maximum absolute atomic E-state index is 9.77. The normalized spacial score (nSPS) is 23.8. The summed E-state index contributed by atoms with van der Waals surface area (Å²) in [7, 11) is 0. The van der Waals surface area contributed by atoms with Crippen molar-refractivity contribution < 1.29 is 10.2 Å². The number of hydrogen-bond donors (Lipinski definition) is 2. The zero-order valence-electron chi connectivity index (χ0n) is 8.15. The van der Waals surface area contributed by atoms with Gasteiger partial charge in [-0.25, -0.2) is 0 Å². The maximum atomic E-state index is 9.77. The second-order valence-corrected chi connectivity index (χ2v) is 4.00. The Labute approximate surface area is 80.3 Å². The van der Waals surface area contributed by atoms with Crippen molar-refractivity contribution in [3.8, 4) is 0 Å². The molecule has 2 heteroatoms. The van der Waals surface area contributed by atoms with Gasteiger partial charge in [-0.3, -0.25) is 0 Å². The molecule has 13 heavy (non-hydrogen) atoms. The Hall–Kier alpha value is -0.340. The third-order valence-electron chi connectivity index (χ3n) is 2.95. The topological polar surface area (TPSA) is 40.5 Å². The monoisotopic (exact) mass is 184 g/mol. The second kappa shape index (κ2) is 5.40. The Morgan fingerprint density at radius 1 is 1.23 bits per heavy atom. The Bertz CT molecular complexity index is 150. The molecule has 0 unspecified atom stereocenters. The van der Waals surface area contributed by atoms with Crippen LogP contribution in [0.5, 0.6) is 0 Å². The molecule has 1 aliphatic rings. The molecule has 1 saturated carbocycles. The molecule has 2 nitrogen and oxygen atoms in total. The fourth-order valence-electron chi connectivity index (χ4n) is 2.06. The first-order chi connectivity index (χ1) is 6.24. The minimum absolute atomic E-state index is 0.340. The SMILES string of the molecule is C=C[C@@H](O)C[C@@H](O)C1CCCCC1. The molecule has 0 saturated heterocycles. The van der Waals surface area contributed by atoms with Crippen molar-refractivity contribution in [2.45, 2.75) is 50.7 Å². The molecule has 0 bridgehead atoms. The third kappa shape index (κ3) is 3.49. The van der Waals surface area contributed by atoms with Crippen molar-refractivity contribution in [3.63, 3.8) is 0 Å². The summed E-state index contributed by atoms with van der Waals surface area (Å²) in [5.41, 5.74) is 0. The summed E-state index contributed by atoms with van der Waals surface area (Å²) >= 11 is 0. The van der Waals surface area contributed by atoms with Gasteiger partial charge < -0.3 is 10.2 Å². The fraction of sp³-hybridized carbons (Fsp3) is 0.818. The molecule has 1 rings (SSSR count). The summed E-state index contributed by atoms with van der Waals surface area (Å²) in [6, 6.07) is 0. The van der Waals surface area contributed by atoms with Crippen molar-refractivity contribution in [1.29, 1.82) is 0 Å². The molecule has 0 spiro atoms. The van der Waals surface area contributed by atoms with Crippen molar-refractivity contribution in [1.82, 2.24) is 0 Å². The number of aliphatic hydroxyl groups excluding tert-OH is 2. The van der Waals surface area contributed by atoms with Gasteiger partial charge in [-0.1, -0.05) is 25.3 Å². The van der Waals surface area contributed by atoms with Crippen LogP contribution in [0.2, 0.25) is 0 Å². The summed E-state index contributed by atoms with van der Waals surface area (Å²) in [5, 5.41) is 19.0. The first-order valence-electron chi connectivity index (χ1n) is 5.22. The van der Waals surface area contributed by atoms with Gasteiger partial charge in [-0.05, 0) is 18.8 Å². The zero-order valence-corrected chi connectivity index (χ0v) is 8.15. The average molecular weight is 184 g/mol. The first-order valence-corrected chi connectivity index (χ1v) is 5.22. The van der Waals surface area contributed by atoms with Crippen molar-refractivity contribution in [2.75, 3.05) is 0 Å². The van der Waals surface area contributed by atoms with E-state index in [2.05, 4.69) is 6.58 Å². The maximum Gasteiger partial charge on any atom is 0.0743 e. The highest BCUT2D eigenvalue weighted by Crippen LogP contribution is 2.28. The highest BCUT2D eigenvalue weighted by Gasteiger charge is 2.22. The summed E-state index contributed by atoms with van der Waals surface area (Å²) in [6.07, 6.45) is 7.05. The molecule has 1 aliphatic carbocycles.